The third-order valence-corrected chi connectivity index (χ3v) is 3.94. The maximum Gasteiger partial charge on any atom is 0.339 e. The summed E-state index contributed by atoms with van der Waals surface area (Å²) in [5.41, 5.74) is 1.88. The molecule has 1 aromatic rings. The molecule has 21 heavy (non-hydrogen) atoms. The Kier molecular flexibility index (Phi) is 5.12. The fourth-order valence-corrected chi connectivity index (χ4v) is 2.77. The van der Waals surface area contributed by atoms with E-state index in [-0.39, 0.29) is 6.10 Å². The van der Waals surface area contributed by atoms with E-state index < -0.39 is 5.97 Å². The van der Waals surface area contributed by atoms with Gasteiger partial charge in [-0.1, -0.05) is 20.8 Å². The molecule has 2 heterocycles. The first-order chi connectivity index (χ1) is 10.1. The second kappa shape index (κ2) is 6.85. The topological polar surface area (TPSA) is 75.5 Å². The van der Waals surface area contributed by atoms with Gasteiger partial charge in [-0.2, -0.15) is 5.10 Å². The van der Waals surface area contributed by atoms with Crippen molar-refractivity contribution in [1.82, 2.24) is 10.2 Å². The number of nitrogens with zero attached hydrogens (tertiary/aromatic N) is 3. The van der Waals surface area contributed by atoms with Gasteiger partial charge in [0.05, 0.1) is 18.4 Å². The minimum absolute atomic E-state index is 0.123. The number of carboxylic acid groups (broad SMARTS) is 1. The van der Waals surface area contributed by atoms with Crippen molar-refractivity contribution in [3.63, 3.8) is 0 Å². The summed E-state index contributed by atoms with van der Waals surface area (Å²) in [6, 6.07) is 0. The number of carbonyl (C=O) groups is 1. The highest BCUT2D eigenvalue weighted by atomic mass is 16.5. The zero-order valence-electron chi connectivity index (χ0n) is 12.9. The molecular formula is C15H23N3O3. The van der Waals surface area contributed by atoms with Crippen LogP contribution in [0.5, 0.6) is 0 Å². The molecule has 1 unspecified atom stereocenters. The normalized spacial score (nSPS) is 18.8. The Balaban J connectivity index is 2.45. The second-order valence-electron chi connectivity index (χ2n) is 5.18. The molecule has 1 saturated heterocycles. The lowest BCUT2D eigenvalue weighted by atomic mass is 10.0. The van der Waals surface area contributed by atoms with Crippen LogP contribution >= 0.6 is 0 Å². The molecular weight excluding hydrogens is 270 g/mol. The van der Waals surface area contributed by atoms with Crippen molar-refractivity contribution >= 4 is 11.8 Å². The van der Waals surface area contributed by atoms with Crippen molar-refractivity contribution in [1.29, 1.82) is 0 Å². The lowest BCUT2D eigenvalue weighted by Gasteiger charge is -2.34. The molecule has 0 saturated carbocycles. The molecule has 116 valence electrons. The van der Waals surface area contributed by atoms with Gasteiger partial charge >= 0.3 is 5.97 Å². The number of aromatic nitrogens is 2. The van der Waals surface area contributed by atoms with Gasteiger partial charge in [-0.05, 0) is 24.8 Å². The van der Waals surface area contributed by atoms with Gasteiger partial charge in [0.2, 0.25) is 0 Å². The molecule has 1 aliphatic heterocycles. The molecule has 0 bridgehead atoms. The smallest absolute Gasteiger partial charge is 0.339 e. The summed E-state index contributed by atoms with van der Waals surface area (Å²) >= 11 is 0. The standard InChI is InChI=1S/C15H23N3O3/c1-4-10-9-18(7-8-21-10)14-13(15(19)20)11(5-2)12(6-3)16-17-14/h10H,4-9H2,1-3H3,(H,19,20). The third-order valence-electron chi connectivity index (χ3n) is 3.94. The van der Waals surface area contributed by atoms with Gasteiger partial charge in [0, 0.05) is 13.1 Å². The molecule has 1 fully saturated rings. The summed E-state index contributed by atoms with van der Waals surface area (Å²) in [6.45, 7) is 7.91. The lowest BCUT2D eigenvalue weighted by molar-refractivity contribution is 0.0378. The second-order valence-corrected chi connectivity index (χ2v) is 5.18. The summed E-state index contributed by atoms with van der Waals surface area (Å²) < 4.78 is 5.64. The average molecular weight is 293 g/mol. The van der Waals surface area contributed by atoms with Crippen LogP contribution < -0.4 is 4.90 Å². The highest BCUT2D eigenvalue weighted by Gasteiger charge is 2.27. The van der Waals surface area contributed by atoms with Gasteiger partial charge in [-0.25, -0.2) is 4.79 Å². The largest absolute Gasteiger partial charge is 0.478 e. The minimum atomic E-state index is -0.925. The number of rotatable bonds is 5. The van der Waals surface area contributed by atoms with Gasteiger partial charge in [0.1, 0.15) is 5.56 Å². The number of hydrogen-bond acceptors (Lipinski definition) is 5. The molecule has 0 aromatic carbocycles. The van der Waals surface area contributed by atoms with E-state index in [2.05, 4.69) is 17.1 Å². The molecule has 1 N–H and O–H groups in total. The highest BCUT2D eigenvalue weighted by molar-refractivity contribution is 5.95. The lowest BCUT2D eigenvalue weighted by Crippen LogP contribution is -2.43. The highest BCUT2D eigenvalue weighted by Crippen LogP contribution is 2.26. The fourth-order valence-electron chi connectivity index (χ4n) is 2.77. The monoisotopic (exact) mass is 293 g/mol. The molecule has 6 nitrogen and oxygen atoms in total. The first-order valence-electron chi connectivity index (χ1n) is 7.60. The van der Waals surface area contributed by atoms with E-state index in [1.165, 1.54) is 0 Å². The Bertz CT molecular complexity index is 519. The number of anilines is 1. The van der Waals surface area contributed by atoms with Crippen molar-refractivity contribution < 1.29 is 14.6 Å². The van der Waals surface area contributed by atoms with Crippen LogP contribution in [0.4, 0.5) is 5.82 Å². The molecule has 1 aliphatic rings. The first-order valence-corrected chi connectivity index (χ1v) is 7.60. The van der Waals surface area contributed by atoms with Gasteiger partial charge in [-0.3, -0.25) is 0 Å². The van der Waals surface area contributed by atoms with Crippen molar-refractivity contribution in [2.75, 3.05) is 24.6 Å². The summed E-state index contributed by atoms with van der Waals surface area (Å²) in [4.78, 5) is 13.7. The summed E-state index contributed by atoms with van der Waals surface area (Å²) in [7, 11) is 0. The number of aryl methyl sites for hydroxylation is 1. The van der Waals surface area contributed by atoms with Crippen molar-refractivity contribution in [3.8, 4) is 0 Å². The van der Waals surface area contributed by atoms with E-state index in [0.717, 1.165) is 17.7 Å². The first kappa shape index (κ1) is 15.7. The summed E-state index contributed by atoms with van der Waals surface area (Å²) in [5.74, 6) is -0.440. The molecule has 1 aromatic heterocycles. The zero-order chi connectivity index (χ0) is 15.4. The summed E-state index contributed by atoms with van der Waals surface area (Å²) in [6.07, 6.45) is 2.37. The Hall–Kier alpha value is -1.69. The predicted molar refractivity (Wildman–Crippen MR) is 80.0 cm³/mol. The van der Waals surface area contributed by atoms with Crippen LogP contribution in [0.15, 0.2) is 0 Å². The predicted octanol–water partition coefficient (Wildman–Crippen LogP) is 1.91. The molecule has 0 radical (unpaired) electrons. The van der Waals surface area contributed by atoms with Crippen LogP contribution in [0.2, 0.25) is 0 Å². The van der Waals surface area contributed by atoms with Crippen LogP contribution in [0.3, 0.4) is 0 Å². The van der Waals surface area contributed by atoms with Crippen LogP contribution in [0.25, 0.3) is 0 Å². The molecule has 1 atom stereocenters. The van der Waals surface area contributed by atoms with Crippen LogP contribution in [0.1, 0.15) is 48.8 Å². The van der Waals surface area contributed by atoms with Gasteiger partial charge in [0.25, 0.3) is 0 Å². The quantitative estimate of drug-likeness (QED) is 0.894. The van der Waals surface area contributed by atoms with Crippen molar-refractivity contribution in [2.24, 2.45) is 0 Å². The summed E-state index contributed by atoms with van der Waals surface area (Å²) in [5, 5.41) is 18.1. The molecule has 2 rings (SSSR count). The fraction of sp³-hybridized carbons (Fsp3) is 0.667. The maximum atomic E-state index is 11.7. The number of morpholine rings is 1. The van der Waals surface area contributed by atoms with Gasteiger partial charge in [-0.15, -0.1) is 5.10 Å². The van der Waals surface area contributed by atoms with Crippen LogP contribution in [0, 0.1) is 0 Å². The van der Waals surface area contributed by atoms with Gasteiger partial charge < -0.3 is 14.7 Å². The van der Waals surface area contributed by atoms with Crippen LogP contribution in [-0.2, 0) is 17.6 Å². The Labute approximate surface area is 125 Å². The van der Waals surface area contributed by atoms with E-state index in [4.69, 9.17) is 4.74 Å². The number of aromatic carboxylic acids is 1. The third kappa shape index (κ3) is 3.15. The Morgan fingerprint density at radius 3 is 2.67 bits per heavy atom. The Morgan fingerprint density at radius 2 is 2.10 bits per heavy atom. The molecule has 0 aliphatic carbocycles. The van der Waals surface area contributed by atoms with Crippen LogP contribution in [-0.4, -0.2) is 47.1 Å². The minimum Gasteiger partial charge on any atom is -0.478 e. The van der Waals surface area contributed by atoms with E-state index in [0.29, 0.717) is 43.9 Å². The van der Waals surface area contributed by atoms with E-state index in [9.17, 15) is 9.90 Å². The SMILES string of the molecule is CCc1nnc(N2CCOC(CC)C2)c(C(=O)O)c1CC. The maximum absolute atomic E-state index is 11.7. The van der Waals surface area contributed by atoms with Crippen molar-refractivity contribution in [2.45, 2.75) is 46.1 Å². The number of carboxylic acids is 1. The number of hydrogen-bond donors (Lipinski definition) is 1. The van der Waals surface area contributed by atoms with Gasteiger partial charge in [0.15, 0.2) is 5.82 Å². The molecule has 0 spiro atoms. The van der Waals surface area contributed by atoms with E-state index >= 15 is 0 Å². The van der Waals surface area contributed by atoms with E-state index in [1.807, 2.05) is 18.7 Å². The van der Waals surface area contributed by atoms with Crippen molar-refractivity contribution in [3.05, 3.63) is 16.8 Å². The average Bonchev–Trinajstić information content (AvgIpc) is 2.53. The zero-order valence-corrected chi connectivity index (χ0v) is 12.9. The molecule has 6 heteroatoms. The van der Waals surface area contributed by atoms with E-state index in [1.54, 1.807) is 0 Å². The Morgan fingerprint density at radius 1 is 1.33 bits per heavy atom. The molecule has 0 amide bonds. The number of ether oxygens (including phenoxy) is 1.